The van der Waals surface area contributed by atoms with Crippen LogP contribution in [-0.2, 0) is 0 Å². The molecule has 0 atom stereocenters. The van der Waals surface area contributed by atoms with E-state index in [2.05, 4.69) is 15.0 Å². The Bertz CT molecular complexity index is 862. The lowest BCUT2D eigenvalue weighted by Crippen LogP contribution is -2.32. The molecule has 24 heavy (non-hydrogen) atoms. The summed E-state index contributed by atoms with van der Waals surface area (Å²) < 4.78 is 0. The van der Waals surface area contributed by atoms with Gasteiger partial charge in [-0.05, 0) is 31.5 Å². The number of carbonyl (C=O) groups is 1. The minimum atomic E-state index is -0.621. The van der Waals surface area contributed by atoms with Crippen LogP contribution in [0.2, 0.25) is 0 Å². The highest BCUT2D eigenvalue weighted by Gasteiger charge is 2.21. The van der Waals surface area contributed by atoms with Gasteiger partial charge in [-0.2, -0.15) is 0 Å². The van der Waals surface area contributed by atoms with Gasteiger partial charge in [0.2, 0.25) is 0 Å². The zero-order valence-electron chi connectivity index (χ0n) is 13.5. The molecular weight excluding hydrogens is 302 g/mol. The monoisotopic (exact) mass is 319 g/mol. The topological polar surface area (TPSA) is 85.0 Å². The predicted molar refractivity (Wildman–Crippen MR) is 92.9 cm³/mol. The number of pyridine rings is 1. The Hall–Kier alpha value is -3.28. The molecule has 0 radical (unpaired) electrons. The van der Waals surface area contributed by atoms with Gasteiger partial charge in [0.25, 0.3) is 0 Å². The molecule has 6 nitrogen and oxygen atoms in total. The van der Waals surface area contributed by atoms with Crippen LogP contribution in [0.25, 0.3) is 11.1 Å². The summed E-state index contributed by atoms with van der Waals surface area (Å²) in [7, 11) is 0. The maximum atomic E-state index is 12.1. The van der Waals surface area contributed by atoms with E-state index in [1.165, 1.54) is 11.1 Å². The number of nitrogens with two attached hydrogens (primary N) is 1. The fraction of sp³-hybridized carbons (Fsp3) is 0.111. The second kappa shape index (κ2) is 6.45. The molecule has 0 saturated carbocycles. The number of hydrogen-bond donors (Lipinski definition) is 1. The smallest absolute Gasteiger partial charge is 0.325 e. The highest BCUT2D eigenvalue weighted by molar-refractivity contribution is 6.01. The van der Waals surface area contributed by atoms with Crippen molar-refractivity contribution in [3.05, 3.63) is 66.4 Å². The van der Waals surface area contributed by atoms with Crippen LogP contribution in [0.1, 0.15) is 11.3 Å². The van der Waals surface area contributed by atoms with Gasteiger partial charge in [0.1, 0.15) is 0 Å². The number of anilines is 2. The lowest BCUT2D eigenvalue weighted by Gasteiger charge is -2.23. The molecule has 2 amide bonds. The average Bonchev–Trinajstić information content (AvgIpc) is 2.57. The molecular formula is C18H17N5O. The Morgan fingerprint density at radius 2 is 1.92 bits per heavy atom. The molecule has 0 spiro atoms. The Morgan fingerprint density at radius 3 is 2.54 bits per heavy atom. The fourth-order valence-corrected chi connectivity index (χ4v) is 2.45. The van der Waals surface area contributed by atoms with E-state index in [0.717, 1.165) is 22.4 Å². The summed E-state index contributed by atoms with van der Waals surface area (Å²) in [6.45, 7) is 3.79. The maximum absolute atomic E-state index is 12.1. The third kappa shape index (κ3) is 3.08. The number of aromatic nitrogens is 3. The fourth-order valence-electron chi connectivity index (χ4n) is 2.45. The molecule has 120 valence electrons. The lowest BCUT2D eigenvalue weighted by molar-refractivity contribution is 0.256. The second-order valence-electron chi connectivity index (χ2n) is 5.45. The van der Waals surface area contributed by atoms with Crippen molar-refractivity contribution in [1.82, 2.24) is 15.0 Å². The summed E-state index contributed by atoms with van der Waals surface area (Å²) >= 11 is 0. The molecule has 0 aliphatic carbocycles. The maximum Gasteiger partial charge on any atom is 0.325 e. The van der Waals surface area contributed by atoms with Crippen molar-refractivity contribution in [3.63, 3.8) is 0 Å². The summed E-state index contributed by atoms with van der Waals surface area (Å²) in [5.74, 6) is 0.379. The highest BCUT2D eigenvalue weighted by Crippen LogP contribution is 2.34. The van der Waals surface area contributed by atoms with Crippen LogP contribution in [0, 0.1) is 13.8 Å². The summed E-state index contributed by atoms with van der Waals surface area (Å²) in [4.78, 5) is 26.2. The number of nitrogens with zero attached hydrogens (tertiary/aromatic N) is 4. The van der Waals surface area contributed by atoms with Gasteiger partial charge >= 0.3 is 6.03 Å². The first-order valence-corrected chi connectivity index (χ1v) is 7.45. The largest absolute Gasteiger partial charge is 0.351 e. The number of urea groups is 1. The highest BCUT2D eigenvalue weighted by atomic mass is 16.2. The van der Waals surface area contributed by atoms with E-state index in [9.17, 15) is 4.79 Å². The molecule has 0 unspecified atom stereocenters. The molecule has 2 aromatic heterocycles. The van der Waals surface area contributed by atoms with Gasteiger partial charge in [0.15, 0.2) is 5.82 Å². The molecule has 3 aromatic rings. The van der Waals surface area contributed by atoms with E-state index < -0.39 is 6.03 Å². The molecule has 1 aromatic carbocycles. The Balaban J connectivity index is 2.19. The number of primary amides is 1. The van der Waals surface area contributed by atoms with Crippen LogP contribution < -0.4 is 10.6 Å². The normalized spacial score (nSPS) is 10.4. The molecule has 2 heterocycles. The standard InChI is InChI=1S/C18H17N5O/c1-12-5-6-15(14-4-3-7-20-10-14)16(8-12)23(18(19)24)17-11-21-13(2)9-22-17/h3-11H,1-2H3,(H2,19,24). The molecule has 3 rings (SSSR count). The molecule has 0 aliphatic rings. The zero-order valence-corrected chi connectivity index (χ0v) is 13.5. The predicted octanol–water partition coefficient (Wildman–Crippen LogP) is 3.37. The van der Waals surface area contributed by atoms with Crippen molar-refractivity contribution < 1.29 is 4.79 Å². The first-order chi connectivity index (χ1) is 11.6. The Morgan fingerprint density at radius 1 is 1.08 bits per heavy atom. The van der Waals surface area contributed by atoms with Gasteiger partial charge in [-0.1, -0.05) is 18.2 Å². The number of benzene rings is 1. The van der Waals surface area contributed by atoms with Crippen LogP contribution >= 0.6 is 0 Å². The quantitative estimate of drug-likeness (QED) is 0.802. The number of rotatable bonds is 3. The van der Waals surface area contributed by atoms with Gasteiger partial charge in [0, 0.05) is 23.5 Å². The molecule has 6 heteroatoms. The minimum absolute atomic E-state index is 0.379. The van der Waals surface area contributed by atoms with Crippen LogP contribution in [0.3, 0.4) is 0 Å². The first-order valence-electron chi connectivity index (χ1n) is 7.45. The Kier molecular flexibility index (Phi) is 4.20. The van der Waals surface area contributed by atoms with E-state index >= 15 is 0 Å². The second-order valence-corrected chi connectivity index (χ2v) is 5.45. The van der Waals surface area contributed by atoms with Crippen molar-refractivity contribution in [1.29, 1.82) is 0 Å². The van der Waals surface area contributed by atoms with Crippen molar-refractivity contribution >= 4 is 17.5 Å². The molecule has 0 fully saturated rings. The Labute approximate surface area is 140 Å². The summed E-state index contributed by atoms with van der Waals surface area (Å²) in [6, 6.07) is 8.98. The number of amides is 2. The van der Waals surface area contributed by atoms with Gasteiger partial charge in [-0.3, -0.25) is 9.97 Å². The first kappa shape index (κ1) is 15.6. The van der Waals surface area contributed by atoms with Crippen LogP contribution in [0.15, 0.2) is 55.1 Å². The third-order valence-corrected chi connectivity index (χ3v) is 3.58. The van der Waals surface area contributed by atoms with Gasteiger partial charge in [-0.15, -0.1) is 0 Å². The van der Waals surface area contributed by atoms with Gasteiger partial charge in [0.05, 0.1) is 23.8 Å². The van der Waals surface area contributed by atoms with Crippen molar-refractivity contribution in [3.8, 4) is 11.1 Å². The molecule has 0 bridgehead atoms. The molecule has 0 aliphatic heterocycles. The van der Waals surface area contributed by atoms with Crippen LogP contribution in [-0.4, -0.2) is 21.0 Å². The molecule has 0 saturated heterocycles. The van der Waals surface area contributed by atoms with Crippen LogP contribution in [0.4, 0.5) is 16.3 Å². The van der Waals surface area contributed by atoms with Crippen LogP contribution in [0.5, 0.6) is 0 Å². The summed E-state index contributed by atoms with van der Waals surface area (Å²) in [6.07, 6.45) is 6.59. The van der Waals surface area contributed by atoms with E-state index in [1.54, 1.807) is 18.6 Å². The zero-order chi connectivity index (χ0) is 17.1. The third-order valence-electron chi connectivity index (χ3n) is 3.58. The number of carbonyl (C=O) groups excluding carboxylic acids is 1. The SMILES string of the molecule is Cc1ccc(-c2cccnc2)c(N(C(N)=O)c2cnc(C)cn2)c1. The van der Waals surface area contributed by atoms with E-state index in [4.69, 9.17) is 5.73 Å². The molecule has 2 N–H and O–H groups in total. The van der Waals surface area contributed by atoms with E-state index in [0.29, 0.717) is 11.5 Å². The average molecular weight is 319 g/mol. The van der Waals surface area contributed by atoms with Gasteiger partial charge in [-0.25, -0.2) is 14.7 Å². The number of hydrogen-bond acceptors (Lipinski definition) is 4. The summed E-state index contributed by atoms with van der Waals surface area (Å²) in [5, 5.41) is 0. The van der Waals surface area contributed by atoms with Crippen molar-refractivity contribution in [2.24, 2.45) is 5.73 Å². The van der Waals surface area contributed by atoms with Crippen molar-refractivity contribution in [2.75, 3.05) is 4.90 Å². The number of aryl methyl sites for hydroxylation is 2. The lowest BCUT2D eigenvalue weighted by atomic mass is 10.0. The van der Waals surface area contributed by atoms with Crippen molar-refractivity contribution in [2.45, 2.75) is 13.8 Å². The minimum Gasteiger partial charge on any atom is -0.351 e. The van der Waals surface area contributed by atoms with E-state index in [1.807, 2.05) is 44.2 Å². The summed E-state index contributed by atoms with van der Waals surface area (Å²) in [5.41, 5.74) is 9.78. The van der Waals surface area contributed by atoms with E-state index in [-0.39, 0.29) is 0 Å². The van der Waals surface area contributed by atoms with Gasteiger partial charge < -0.3 is 5.73 Å².